The van der Waals surface area contributed by atoms with E-state index in [1.807, 2.05) is 51.1 Å². The molecule has 0 bridgehead atoms. The second-order valence-electron chi connectivity index (χ2n) is 9.59. The first kappa shape index (κ1) is 31.1. The summed E-state index contributed by atoms with van der Waals surface area (Å²) < 4.78 is 5.72. The van der Waals surface area contributed by atoms with Gasteiger partial charge in [0.2, 0.25) is 11.8 Å². The van der Waals surface area contributed by atoms with Crippen LogP contribution in [0.25, 0.3) is 0 Å². The van der Waals surface area contributed by atoms with Crippen molar-refractivity contribution >= 4 is 23.8 Å². The highest BCUT2D eigenvalue weighted by Gasteiger charge is 2.31. The lowest BCUT2D eigenvalue weighted by atomic mass is 9.94. The van der Waals surface area contributed by atoms with Crippen LogP contribution in [0.1, 0.15) is 72.3 Å². The molecule has 0 spiro atoms. The zero-order valence-electron chi connectivity index (χ0n) is 22.2. The van der Waals surface area contributed by atoms with E-state index in [2.05, 4.69) is 17.6 Å². The van der Waals surface area contributed by atoms with Crippen molar-refractivity contribution in [1.82, 2.24) is 10.6 Å². The average molecular weight is 506 g/mol. The molecular formula is C27H43N3O6. The van der Waals surface area contributed by atoms with Crippen LogP contribution in [0.2, 0.25) is 0 Å². The fourth-order valence-corrected chi connectivity index (χ4v) is 3.66. The lowest BCUT2D eigenvalue weighted by molar-refractivity contribution is -0.156. The van der Waals surface area contributed by atoms with Crippen LogP contribution in [-0.4, -0.2) is 53.1 Å². The highest BCUT2D eigenvalue weighted by Crippen LogP contribution is 2.20. The molecule has 0 aromatic heterocycles. The number of carboxylic acids is 1. The summed E-state index contributed by atoms with van der Waals surface area (Å²) in [5.74, 6) is -2.94. The summed E-state index contributed by atoms with van der Waals surface area (Å²) in [4.78, 5) is 49.8. The lowest BCUT2D eigenvalue weighted by Crippen LogP contribution is -2.52. The molecule has 0 aliphatic carbocycles. The molecule has 1 aromatic rings. The van der Waals surface area contributed by atoms with Crippen molar-refractivity contribution in [2.75, 3.05) is 0 Å². The molecule has 0 radical (unpaired) electrons. The molecule has 0 fully saturated rings. The van der Waals surface area contributed by atoms with E-state index in [1.54, 1.807) is 0 Å². The normalized spacial score (nSPS) is 16.1. The van der Waals surface area contributed by atoms with Crippen LogP contribution in [0.5, 0.6) is 0 Å². The number of carbonyl (C=O) groups excluding carboxylic acids is 3. The monoisotopic (exact) mass is 505 g/mol. The molecule has 0 unspecified atom stereocenters. The first-order valence-electron chi connectivity index (χ1n) is 12.8. The first-order chi connectivity index (χ1) is 17.0. The van der Waals surface area contributed by atoms with Gasteiger partial charge in [0.15, 0.2) is 0 Å². The zero-order valence-corrected chi connectivity index (χ0v) is 22.2. The number of benzene rings is 1. The SMILES string of the molecule is CCCC[C@H](C)[C@H](CC(=O)N[C@@H](Cc1ccccc1)C(=O)N[C@@H](C)C(=O)O)OC(=O)[C@H](N)[C@@H](C)CC. The number of unbranched alkanes of at least 4 members (excludes halogenated alkanes) is 1. The van der Waals surface area contributed by atoms with Gasteiger partial charge in [0.25, 0.3) is 0 Å². The number of nitrogens with two attached hydrogens (primary N) is 1. The molecular weight excluding hydrogens is 462 g/mol. The molecule has 0 heterocycles. The molecule has 9 heteroatoms. The Labute approximate surface area is 214 Å². The van der Waals surface area contributed by atoms with Gasteiger partial charge in [-0.05, 0) is 30.7 Å². The molecule has 6 atom stereocenters. The van der Waals surface area contributed by atoms with Crippen LogP contribution in [0, 0.1) is 11.8 Å². The van der Waals surface area contributed by atoms with Crippen molar-refractivity contribution in [3.63, 3.8) is 0 Å². The predicted molar refractivity (Wildman–Crippen MR) is 138 cm³/mol. The predicted octanol–water partition coefficient (Wildman–Crippen LogP) is 2.80. The van der Waals surface area contributed by atoms with E-state index in [0.717, 1.165) is 31.2 Å². The first-order valence-corrected chi connectivity index (χ1v) is 12.8. The molecule has 0 aliphatic rings. The summed E-state index contributed by atoms with van der Waals surface area (Å²) in [6.07, 6.45) is 2.72. The van der Waals surface area contributed by atoms with E-state index < -0.39 is 48.0 Å². The Morgan fingerprint density at radius 2 is 1.64 bits per heavy atom. The molecule has 202 valence electrons. The molecule has 1 aromatic carbocycles. The summed E-state index contributed by atoms with van der Waals surface area (Å²) >= 11 is 0. The van der Waals surface area contributed by atoms with Crippen molar-refractivity contribution in [2.24, 2.45) is 17.6 Å². The Kier molecular flexibility index (Phi) is 13.8. The number of nitrogens with one attached hydrogen (secondary N) is 2. The summed E-state index contributed by atoms with van der Waals surface area (Å²) in [6.45, 7) is 9.16. The van der Waals surface area contributed by atoms with E-state index in [4.69, 9.17) is 15.6 Å². The van der Waals surface area contributed by atoms with E-state index in [9.17, 15) is 19.2 Å². The molecule has 0 saturated carbocycles. The minimum absolute atomic E-state index is 0.0619. The van der Waals surface area contributed by atoms with Gasteiger partial charge < -0.3 is 26.2 Å². The van der Waals surface area contributed by atoms with Gasteiger partial charge in [0.1, 0.15) is 24.2 Å². The molecule has 0 aliphatic heterocycles. The van der Waals surface area contributed by atoms with Gasteiger partial charge in [0.05, 0.1) is 6.42 Å². The molecule has 9 nitrogen and oxygen atoms in total. The number of rotatable bonds is 16. The molecule has 5 N–H and O–H groups in total. The second-order valence-corrected chi connectivity index (χ2v) is 9.59. The van der Waals surface area contributed by atoms with Crippen LogP contribution < -0.4 is 16.4 Å². The molecule has 0 saturated heterocycles. The largest absolute Gasteiger partial charge is 0.480 e. The lowest BCUT2D eigenvalue weighted by Gasteiger charge is -2.27. The van der Waals surface area contributed by atoms with Gasteiger partial charge >= 0.3 is 11.9 Å². The standard InChI is InChI=1S/C27H43N3O6/c1-6-8-12-18(4)22(36-27(35)24(28)17(3)7-2)16-23(31)30-21(15-20-13-10-9-11-14-20)25(32)29-19(5)26(33)34/h9-11,13-14,17-19,21-22,24H,6-8,12,15-16,28H2,1-5H3,(H,29,32)(H,30,31)(H,33,34)/t17-,18-,19-,21-,22-,24+/m0/s1. The van der Waals surface area contributed by atoms with Crippen molar-refractivity contribution in [3.05, 3.63) is 35.9 Å². The number of amides is 2. The summed E-state index contributed by atoms with van der Waals surface area (Å²) in [6, 6.07) is 6.22. The maximum absolute atomic E-state index is 13.1. The fraction of sp³-hybridized carbons (Fsp3) is 0.630. The summed E-state index contributed by atoms with van der Waals surface area (Å²) in [7, 11) is 0. The van der Waals surface area contributed by atoms with Crippen LogP contribution >= 0.6 is 0 Å². The van der Waals surface area contributed by atoms with E-state index in [1.165, 1.54) is 6.92 Å². The molecule has 2 amide bonds. The minimum Gasteiger partial charge on any atom is -0.480 e. The Morgan fingerprint density at radius 3 is 2.19 bits per heavy atom. The highest BCUT2D eigenvalue weighted by molar-refractivity contribution is 5.90. The van der Waals surface area contributed by atoms with Crippen LogP contribution in [-0.2, 0) is 30.3 Å². The fourth-order valence-electron chi connectivity index (χ4n) is 3.66. The van der Waals surface area contributed by atoms with E-state index in [0.29, 0.717) is 0 Å². The van der Waals surface area contributed by atoms with Gasteiger partial charge in [-0.15, -0.1) is 0 Å². The van der Waals surface area contributed by atoms with Crippen LogP contribution in [0.4, 0.5) is 0 Å². The number of hydrogen-bond donors (Lipinski definition) is 4. The van der Waals surface area contributed by atoms with Gasteiger partial charge in [-0.2, -0.15) is 0 Å². The van der Waals surface area contributed by atoms with Gasteiger partial charge in [-0.3, -0.25) is 19.2 Å². The van der Waals surface area contributed by atoms with Crippen LogP contribution in [0.3, 0.4) is 0 Å². The quantitative estimate of drug-likeness (QED) is 0.253. The summed E-state index contributed by atoms with van der Waals surface area (Å²) in [5.41, 5.74) is 6.86. The second kappa shape index (κ2) is 15.9. The minimum atomic E-state index is -1.18. The Hall–Kier alpha value is -2.94. The summed E-state index contributed by atoms with van der Waals surface area (Å²) in [5, 5.41) is 14.3. The van der Waals surface area contributed by atoms with Gasteiger partial charge in [-0.25, -0.2) is 0 Å². The van der Waals surface area contributed by atoms with Crippen molar-refractivity contribution in [1.29, 1.82) is 0 Å². The van der Waals surface area contributed by atoms with Crippen LogP contribution in [0.15, 0.2) is 30.3 Å². The van der Waals surface area contributed by atoms with Crippen molar-refractivity contribution in [2.45, 2.75) is 97.4 Å². The average Bonchev–Trinajstić information content (AvgIpc) is 2.85. The maximum atomic E-state index is 13.1. The third-order valence-corrected chi connectivity index (χ3v) is 6.49. The smallest absolute Gasteiger partial charge is 0.325 e. The molecule has 1 rings (SSSR count). The number of aliphatic carboxylic acids is 1. The molecule has 36 heavy (non-hydrogen) atoms. The van der Waals surface area contributed by atoms with Crippen molar-refractivity contribution < 1.29 is 29.0 Å². The maximum Gasteiger partial charge on any atom is 0.325 e. The number of ether oxygens (including phenoxy) is 1. The van der Waals surface area contributed by atoms with Gasteiger partial charge in [-0.1, -0.05) is 77.3 Å². The van der Waals surface area contributed by atoms with Crippen molar-refractivity contribution in [3.8, 4) is 0 Å². The number of esters is 1. The Balaban J connectivity index is 3.02. The van der Waals surface area contributed by atoms with E-state index >= 15 is 0 Å². The van der Waals surface area contributed by atoms with Gasteiger partial charge in [0, 0.05) is 6.42 Å². The Bertz CT molecular complexity index is 847. The third kappa shape index (κ3) is 10.8. The number of carboxylic acid groups (broad SMARTS) is 1. The third-order valence-electron chi connectivity index (χ3n) is 6.49. The highest BCUT2D eigenvalue weighted by atomic mass is 16.5. The van der Waals surface area contributed by atoms with E-state index in [-0.39, 0.29) is 24.7 Å². The zero-order chi connectivity index (χ0) is 27.3. The number of hydrogen-bond acceptors (Lipinski definition) is 6. The Morgan fingerprint density at radius 1 is 1.00 bits per heavy atom. The number of carbonyl (C=O) groups is 4. The topological polar surface area (TPSA) is 148 Å².